The Morgan fingerprint density at radius 3 is 2.63 bits per heavy atom. The first-order chi connectivity index (χ1) is 8.76. The van der Waals surface area contributed by atoms with Gasteiger partial charge in [-0.3, -0.25) is 4.79 Å². The third kappa shape index (κ3) is 4.82. The summed E-state index contributed by atoms with van der Waals surface area (Å²) in [7, 11) is 1.13. The molecule has 0 radical (unpaired) electrons. The first-order valence-corrected chi connectivity index (χ1v) is 6.05. The van der Waals surface area contributed by atoms with Crippen molar-refractivity contribution in [1.29, 1.82) is 0 Å². The van der Waals surface area contributed by atoms with Crippen LogP contribution in [0.2, 0.25) is 0 Å². The zero-order chi connectivity index (χ0) is 14.6. The normalized spacial score (nSPS) is 11.3. The molecular formula is C10H10F3IN2O3. The highest BCUT2D eigenvalue weighted by Gasteiger charge is 2.33. The van der Waals surface area contributed by atoms with Crippen LogP contribution in [0.25, 0.3) is 0 Å². The molecule has 0 saturated carbocycles. The number of halogens is 4. The molecule has 5 nitrogen and oxygen atoms in total. The van der Waals surface area contributed by atoms with Crippen LogP contribution in [0.4, 0.5) is 13.2 Å². The standard InChI is InChI=1S/C10H10F3IN2O3/c1-18-9(17)2-5-6(4-15)16-8(14)3-7(5)19-10(11,12)13/h3H,2,4,15H2,1H3. The average molecular weight is 390 g/mol. The van der Waals surface area contributed by atoms with Gasteiger partial charge in [-0.25, -0.2) is 4.98 Å². The summed E-state index contributed by atoms with van der Waals surface area (Å²) in [5.41, 5.74) is 5.56. The molecule has 0 fully saturated rings. The largest absolute Gasteiger partial charge is 0.573 e. The Morgan fingerprint density at radius 1 is 1.53 bits per heavy atom. The molecule has 0 aliphatic rings. The highest BCUT2D eigenvalue weighted by Crippen LogP contribution is 2.29. The van der Waals surface area contributed by atoms with Crippen LogP contribution in [0.3, 0.4) is 0 Å². The van der Waals surface area contributed by atoms with Gasteiger partial charge in [0.1, 0.15) is 9.45 Å². The van der Waals surface area contributed by atoms with Gasteiger partial charge in [0.2, 0.25) is 0 Å². The van der Waals surface area contributed by atoms with Gasteiger partial charge in [-0.15, -0.1) is 13.2 Å². The van der Waals surface area contributed by atoms with E-state index in [4.69, 9.17) is 5.73 Å². The molecule has 2 N–H and O–H groups in total. The number of hydrogen-bond acceptors (Lipinski definition) is 5. The lowest BCUT2D eigenvalue weighted by atomic mass is 10.1. The van der Waals surface area contributed by atoms with Gasteiger partial charge in [-0.05, 0) is 22.6 Å². The van der Waals surface area contributed by atoms with Crippen molar-refractivity contribution in [2.24, 2.45) is 5.73 Å². The van der Waals surface area contributed by atoms with Gasteiger partial charge in [-0.1, -0.05) is 0 Å². The highest BCUT2D eigenvalue weighted by atomic mass is 127. The minimum Gasteiger partial charge on any atom is -0.469 e. The van der Waals surface area contributed by atoms with Gasteiger partial charge in [0, 0.05) is 18.2 Å². The molecule has 1 rings (SSSR count). The van der Waals surface area contributed by atoms with Crippen LogP contribution < -0.4 is 10.5 Å². The summed E-state index contributed by atoms with van der Waals surface area (Å²) >= 11 is 1.74. The van der Waals surface area contributed by atoms with Crippen molar-refractivity contribution in [3.63, 3.8) is 0 Å². The van der Waals surface area contributed by atoms with Crippen LogP contribution in [0, 0.1) is 3.70 Å². The zero-order valence-corrected chi connectivity index (χ0v) is 11.9. The molecule has 0 spiro atoms. The van der Waals surface area contributed by atoms with Crippen molar-refractivity contribution in [2.75, 3.05) is 7.11 Å². The molecular weight excluding hydrogens is 380 g/mol. The van der Waals surface area contributed by atoms with Gasteiger partial charge in [-0.2, -0.15) is 0 Å². The molecule has 1 aromatic rings. The lowest BCUT2D eigenvalue weighted by molar-refractivity contribution is -0.275. The minimum atomic E-state index is -4.86. The number of aromatic nitrogens is 1. The van der Waals surface area contributed by atoms with Crippen LogP contribution in [0.5, 0.6) is 5.75 Å². The van der Waals surface area contributed by atoms with E-state index in [1.807, 2.05) is 0 Å². The van der Waals surface area contributed by atoms with E-state index in [0.29, 0.717) is 0 Å². The first kappa shape index (κ1) is 16.0. The SMILES string of the molecule is COC(=O)Cc1c(OC(F)(F)F)cc(I)nc1CN. The molecule has 0 unspecified atom stereocenters. The van der Waals surface area contributed by atoms with Crippen LogP contribution in [-0.2, 0) is 22.5 Å². The van der Waals surface area contributed by atoms with E-state index < -0.39 is 24.5 Å². The summed E-state index contributed by atoms with van der Waals surface area (Å²) in [4.78, 5) is 15.2. The summed E-state index contributed by atoms with van der Waals surface area (Å²) < 4.78 is 45.5. The van der Waals surface area contributed by atoms with E-state index in [1.165, 1.54) is 0 Å². The van der Waals surface area contributed by atoms with Crippen molar-refractivity contribution in [2.45, 2.75) is 19.3 Å². The molecule has 0 aliphatic carbocycles. The smallest absolute Gasteiger partial charge is 0.469 e. The van der Waals surface area contributed by atoms with Crippen LogP contribution in [0.1, 0.15) is 11.3 Å². The van der Waals surface area contributed by atoms with E-state index >= 15 is 0 Å². The highest BCUT2D eigenvalue weighted by molar-refractivity contribution is 14.1. The van der Waals surface area contributed by atoms with Crippen molar-refractivity contribution < 1.29 is 27.4 Å². The van der Waals surface area contributed by atoms with Crippen LogP contribution >= 0.6 is 22.6 Å². The molecule has 0 amide bonds. The third-order valence-electron chi connectivity index (χ3n) is 2.11. The van der Waals surface area contributed by atoms with Gasteiger partial charge in [0.25, 0.3) is 0 Å². The molecule has 0 bridgehead atoms. The van der Waals surface area contributed by atoms with Crippen molar-refractivity contribution in [1.82, 2.24) is 4.98 Å². The molecule has 0 aromatic carbocycles. The quantitative estimate of drug-likeness (QED) is 0.482. The maximum absolute atomic E-state index is 12.3. The Hall–Kier alpha value is -1.10. The number of nitrogens with two attached hydrogens (primary N) is 1. The van der Waals surface area contributed by atoms with Gasteiger partial charge >= 0.3 is 12.3 Å². The Kier molecular flexibility index (Phi) is 5.35. The molecule has 9 heteroatoms. The lowest BCUT2D eigenvalue weighted by Crippen LogP contribution is -2.21. The fraction of sp³-hybridized carbons (Fsp3) is 0.400. The maximum Gasteiger partial charge on any atom is 0.573 e. The number of ether oxygens (including phenoxy) is 2. The van der Waals surface area contributed by atoms with E-state index in [1.54, 1.807) is 22.6 Å². The molecule has 106 valence electrons. The second kappa shape index (κ2) is 6.37. The summed E-state index contributed by atoms with van der Waals surface area (Å²) in [6, 6.07) is 1.09. The average Bonchev–Trinajstić information content (AvgIpc) is 2.29. The summed E-state index contributed by atoms with van der Waals surface area (Å²) in [6.07, 6.45) is -5.25. The fourth-order valence-corrected chi connectivity index (χ4v) is 1.93. The van der Waals surface area contributed by atoms with Gasteiger partial charge in [0.05, 0.1) is 19.2 Å². The van der Waals surface area contributed by atoms with Crippen LogP contribution in [-0.4, -0.2) is 24.4 Å². The van der Waals surface area contributed by atoms with Crippen LogP contribution in [0.15, 0.2) is 6.07 Å². The number of hydrogen-bond donors (Lipinski definition) is 1. The first-order valence-electron chi connectivity index (χ1n) is 4.97. The Bertz CT molecular complexity index is 480. The second-order valence-electron chi connectivity index (χ2n) is 3.37. The summed E-state index contributed by atoms with van der Waals surface area (Å²) in [6.45, 7) is -0.114. The summed E-state index contributed by atoms with van der Waals surface area (Å²) in [5, 5.41) is 0. The zero-order valence-electron chi connectivity index (χ0n) is 9.75. The Labute approximate surface area is 120 Å². The minimum absolute atomic E-state index is 0.0212. The molecule has 0 atom stereocenters. The number of carbonyl (C=O) groups excluding carboxylic acids is 1. The second-order valence-corrected chi connectivity index (χ2v) is 4.48. The van der Waals surface area contributed by atoms with Crippen molar-refractivity contribution in [3.05, 3.63) is 21.0 Å². The molecule has 1 heterocycles. The number of alkyl halides is 3. The third-order valence-corrected chi connectivity index (χ3v) is 2.66. The summed E-state index contributed by atoms with van der Waals surface area (Å²) in [5.74, 6) is -1.19. The monoisotopic (exact) mass is 390 g/mol. The van der Waals surface area contributed by atoms with E-state index in [0.717, 1.165) is 13.2 Å². The Balaban J connectivity index is 3.25. The Morgan fingerprint density at radius 2 is 2.16 bits per heavy atom. The van der Waals surface area contributed by atoms with E-state index in [9.17, 15) is 18.0 Å². The van der Waals surface area contributed by atoms with E-state index in [2.05, 4.69) is 14.5 Å². The van der Waals surface area contributed by atoms with Crippen molar-refractivity contribution in [3.8, 4) is 5.75 Å². The number of carbonyl (C=O) groups is 1. The predicted octanol–water partition coefficient (Wildman–Crippen LogP) is 1.76. The number of rotatable bonds is 4. The molecule has 1 aromatic heterocycles. The van der Waals surface area contributed by atoms with Gasteiger partial charge < -0.3 is 15.2 Å². The number of methoxy groups -OCH3 is 1. The van der Waals surface area contributed by atoms with Gasteiger partial charge in [0.15, 0.2) is 0 Å². The number of nitrogens with zero attached hydrogens (tertiary/aromatic N) is 1. The number of esters is 1. The number of pyridine rings is 1. The maximum atomic E-state index is 12.3. The fourth-order valence-electron chi connectivity index (χ4n) is 1.36. The van der Waals surface area contributed by atoms with E-state index in [-0.39, 0.29) is 21.5 Å². The topological polar surface area (TPSA) is 74.4 Å². The molecule has 19 heavy (non-hydrogen) atoms. The molecule has 0 saturated heterocycles. The lowest BCUT2D eigenvalue weighted by Gasteiger charge is -2.15. The molecule has 0 aliphatic heterocycles. The predicted molar refractivity (Wildman–Crippen MR) is 67.2 cm³/mol. The van der Waals surface area contributed by atoms with Crippen molar-refractivity contribution >= 4 is 28.6 Å².